The number of ether oxygens (including phenoxy) is 2. The number of carbonyl (C=O) groups excluding carboxylic acids is 1. The number of unbranched alkanes of at least 4 members (excludes halogenated alkanes) is 1. The summed E-state index contributed by atoms with van der Waals surface area (Å²) in [6.07, 6.45) is 2.29. The number of thiophene rings is 1. The fourth-order valence-corrected chi connectivity index (χ4v) is 3.89. The lowest BCUT2D eigenvalue weighted by Crippen LogP contribution is -2.18. The third-order valence-corrected chi connectivity index (χ3v) is 5.09. The number of carbonyl (C=O) groups is 1. The number of hydrogen-bond acceptors (Lipinski definition) is 6. The van der Waals surface area contributed by atoms with Crippen molar-refractivity contribution in [2.45, 2.75) is 26.3 Å². The van der Waals surface area contributed by atoms with Gasteiger partial charge < -0.3 is 20.1 Å². The number of nitrogens with zero attached hydrogens (tertiary/aromatic N) is 1. The van der Waals surface area contributed by atoms with Gasteiger partial charge in [0, 0.05) is 17.0 Å². The number of nitrogens with two attached hydrogens (primary N) is 1. The Kier molecular flexibility index (Phi) is 6.84. The average Bonchev–Trinajstić information content (AvgIpc) is 2.95. The van der Waals surface area contributed by atoms with Crippen LogP contribution in [0.4, 0.5) is 5.00 Å². The van der Waals surface area contributed by atoms with Gasteiger partial charge >= 0.3 is 5.97 Å². The number of esters is 1. The van der Waals surface area contributed by atoms with E-state index in [-0.39, 0.29) is 0 Å². The molecule has 0 bridgehead atoms. The quantitative estimate of drug-likeness (QED) is 0.719. The fourth-order valence-electron chi connectivity index (χ4n) is 2.73. The lowest BCUT2D eigenvalue weighted by molar-refractivity contribution is 0.0603. The first-order valence-corrected chi connectivity index (χ1v) is 9.15. The average molecular weight is 362 g/mol. The molecule has 25 heavy (non-hydrogen) atoms. The van der Waals surface area contributed by atoms with E-state index >= 15 is 0 Å². The summed E-state index contributed by atoms with van der Waals surface area (Å²) in [4.78, 5) is 15.6. The molecule has 0 fully saturated rings. The van der Waals surface area contributed by atoms with Gasteiger partial charge in [0.05, 0.1) is 14.2 Å². The van der Waals surface area contributed by atoms with E-state index in [1.54, 1.807) is 7.11 Å². The Labute approximate surface area is 153 Å². The van der Waals surface area contributed by atoms with Gasteiger partial charge in [0.15, 0.2) is 0 Å². The second kappa shape index (κ2) is 8.87. The van der Waals surface area contributed by atoms with Crippen molar-refractivity contribution in [1.82, 2.24) is 4.90 Å². The Hall–Kier alpha value is -2.05. The summed E-state index contributed by atoms with van der Waals surface area (Å²) in [6.45, 7) is 3.92. The minimum absolute atomic E-state index is 0.401. The second-order valence-electron chi connectivity index (χ2n) is 5.95. The van der Waals surface area contributed by atoms with Gasteiger partial charge in [0.25, 0.3) is 0 Å². The van der Waals surface area contributed by atoms with Gasteiger partial charge in [0.2, 0.25) is 0 Å². The maximum Gasteiger partial charge on any atom is 0.341 e. The van der Waals surface area contributed by atoms with Crippen LogP contribution in [0.3, 0.4) is 0 Å². The Balaban J connectivity index is 2.46. The van der Waals surface area contributed by atoms with Crippen LogP contribution in [-0.2, 0) is 11.3 Å². The summed E-state index contributed by atoms with van der Waals surface area (Å²) in [5.41, 5.74) is 8.42. The van der Waals surface area contributed by atoms with Gasteiger partial charge in [-0.2, -0.15) is 0 Å². The number of methoxy groups -OCH3 is 2. The molecule has 0 aliphatic heterocycles. The minimum atomic E-state index is -0.401. The third-order valence-electron chi connectivity index (χ3n) is 4.08. The number of benzene rings is 1. The molecule has 0 aliphatic rings. The molecule has 1 aromatic carbocycles. The maximum atomic E-state index is 12.3. The molecule has 5 nitrogen and oxygen atoms in total. The molecule has 1 aromatic heterocycles. The predicted octanol–water partition coefficient (Wildman–Crippen LogP) is 4.02. The van der Waals surface area contributed by atoms with Crippen molar-refractivity contribution >= 4 is 22.3 Å². The van der Waals surface area contributed by atoms with Crippen molar-refractivity contribution in [2.24, 2.45) is 0 Å². The molecule has 2 aromatic rings. The SMILES string of the molecule is CCCCN(C)Cc1sc(N)c(C(=O)OC)c1-c1ccc(OC)cc1. The Bertz CT molecular complexity index is 710. The van der Waals surface area contributed by atoms with E-state index in [0.29, 0.717) is 10.6 Å². The van der Waals surface area contributed by atoms with Gasteiger partial charge in [-0.15, -0.1) is 11.3 Å². The summed E-state index contributed by atoms with van der Waals surface area (Å²) >= 11 is 1.46. The van der Waals surface area contributed by atoms with Crippen LogP contribution in [0.2, 0.25) is 0 Å². The van der Waals surface area contributed by atoms with Crippen molar-refractivity contribution in [3.8, 4) is 16.9 Å². The molecular weight excluding hydrogens is 336 g/mol. The molecule has 0 atom stereocenters. The molecule has 2 rings (SSSR count). The van der Waals surface area contributed by atoms with Crippen LogP contribution in [0.25, 0.3) is 11.1 Å². The van der Waals surface area contributed by atoms with E-state index in [1.165, 1.54) is 18.4 Å². The van der Waals surface area contributed by atoms with Gasteiger partial charge in [-0.05, 0) is 37.7 Å². The molecule has 0 unspecified atom stereocenters. The van der Waals surface area contributed by atoms with E-state index < -0.39 is 5.97 Å². The van der Waals surface area contributed by atoms with Crippen LogP contribution in [-0.4, -0.2) is 38.7 Å². The summed E-state index contributed by atoms with van der Waals surface area (Å²) in [7, 11) is 5.09. The van der Waals surface area contributed by atoms with Crippen LogP contribution in [0, 0.1) is 0 Å². The monoisotopic (exact) mass is 362 g/mol. The molecule has 2 N–H and O–H groups in total. The molecule has 0 aliphatic carbocycles. The highest BCUT2D eigenvalue weighted by Gasteiger charge is 2.24. The molecule has 6 heteroatoms. The zero-order valence-corrected chi connectivity index (χ0v) is 16.1. The zero-order valence-electron chi connectivity index (χ0n) is 15.3. The lowest BCUT2D eigenvalue weighted by atomic mass is 10.0. The Morgan fingerprint density at radius 1 is 1.24 bits per heavy atom. The van der Waals surface area contributed by atoms with E-state index in [9.17, 15) is 4.79 Å². The van der Waals surface area contributed by atoms with Crippen LogP contribution in [0.1, 0.15) is 35.0 Å². The number of anilines is 1. The predicted molar refractivity (Wildman–Crippen MR) is 103 cm³/mol. The molecule has 0 amide bonds. The van der Waals surface area contributed by atoms with Crippen molar-refractivity contribution in [1.29, 1.82) is 0 Å². The highest BCUT2D eigenvalue weighted by atomic mass is 32.1. The van der Waals surface area contributed by atoms with Crippen LogP contribution >= 0.6 is 11.3 Å². The standard InChI is InChI=1S/C19H26N2O3S/c1-5-6-11-21(2)12-15-16(13-7-9-14(23-3)10-8-13)17(18(20)25-15)19(22)24-4/h7-10H,5-6,11-12,20H2,1-4H3. The number of hydrogen-bond donors (Lipinski definition) is 1. The van der Waals surface area contributed by atoms with E-state index in [4.69, 9.17) is 15.2 Å². The number of rotatable bonds is 8. The summed E-state index contributed by atoms with van der Waals surface area (Å²) in [6, 6.07) is 7.66. The van der Waals surface area contributed by atoms with Crippen molar-refractivity contribution in [2.75, 3.05) is 33.5 Å². The van der Waals surface area contributed by atoms with Gasteiger partial charge in [-0.25, -0.2) is 4.79 Å². The second-order valence-corrected chi connectivity index (χ2v) is 7.09. The molecule has 1 heterocycles. The Morgan fingerprint density at radius 2 is 1.92 bits per heavy atom. The van der Waals surface area contributed by atoms with Gasteiger partial charge in [0.1, 0.15) is 16.3 Å². The first-order chi connectivity index (χ1) is 12.0. The topological polar surface area (TPSA) is 64.8 Å². The lowest BCUT2D eigenvalue weighted by Gasteiger charge is -2.16. The smallest absolute Gasteiger partial charge is 0.341 e. The van der Waals surface area contributed by atoms with Crippen LogP contribution in [0.5, 0.6) is 5.75 Å². The van der Waals surface area contributed by atoms with E-state index in [1.807, 2.05) is 24.3 Å². The van der Waals surface area contributed by atoms with Crippen LogP contribution in [0.15, 0.2) is 24.3 Å². The van der Waals surface area contributed by atoms with E-state index in [2.05, 4.69) is 18.9 Å². The minimum Gasteiger partial charge on any atom is -0.497 e. The molecular formula is C19H26N2O3S. The molecule has 0 saturated carbocycles. The first kappa shape index (κ1) is 19.3. The van der Waals surface area contributed by atoms with Crippen molar-refractivity contribution in [3.63, 3.8) is 0 Å². The van der Waals surface area contributed by atoms with Crippen molar-refractivity contribution in [3.05, 3.63) is 34.7 Å². The highest BCUT2D eigenvalue weighted by Crippen LogP contribution is 2.40. The van der Waals surface area contributed by atoms with Gasteiger partial charge in [-0.3, -0.25) is 0 Å². The largest absolute Gasteiger partial charge is 0.497 e. The maximum absolute atomic E-state index is 12.3. The zero-order chi connectivity index (χ0) is 18.4. The van der Waals surface area contributed by atoms with Gasteiger partial charge in [-0.1, -0.05) is 25.5 Å². The normalized spacial score (nSPS) is 10.9. The molecule has 136 valence electrons. The van der Waals surface area contributed by atoms with E-state index in [0.717, 1.165) is 47.7 Å². The molecule has 0 radical (unpaired) electrons. The van der Waals surface area contributed by atoms with Crippen LogP contribution < -0.4 is 10.5 Å². The third kappa shape index (κ3) is 4.52. The number of nitrogen functional groups attached to an aromatic ring is 1. The summed E-state index contributed by atoms with van der Waals surface area (Å²) < 4.78 is 10.2. The summed E-state index contributed by atoms with van der Waals surface area (Å²) in [5.74, 6) is 0.371. The molecule has 0 saturated heterocycles. The fraction of sp³-hybridized carbons (Fsp3) is 0.421. The molecule has 0 spiro atoms. The van der Waals surface area contributed by atoms with Crippen molar-refractivity contribution < 1.29 is 14.3 Å². The highest BCUT2D eigenvalue weighted by molar-refractivity contribution is 7.17. The summed E-state index contributed by atoms with van der Waals surface area (Å²) in [5, 5.41) is 0.497. The Morgan fingerprint density at radius 3 is 2.48 bits per heavy atom. The first-order valence-electron chi connectivity index (χ1n) is 8.34.